The van der Waals surface area contributed by atoms with Gasteiger partial charge >= 0.3 is 0 Å². The molecule has 0 saturated heterocycles. The number of hydrogen-bond acceptors (Lipinski definition) is 3. The van der Waals surface area contributed by atoms with Gasteiger partial charge in [-0.05, 0) is 36.2 Å². The minimum Gasteiger partial charge on any atom is -0.497 e. The fraction of sp³-hybridized carbons (Fsp3) is 0.273. The van der Waals surface area contributed by atoms with E-state index in [-0.39, 0.29) is 17.7 Å². The smallest absolute Gasteiger partial charge is 0.242 e. The number of nitrogens with one attached hydrogen (secondary N) is 3. The van der Waals surface area contributed by atoms with Crippen LogP contribution < -0.4 is 15.4 Å². The topological polar surface area (TPSA) is 83.2 Å². The maximum absolute atomic E-state index is 12.4. The van der Waals surface area contributed by atoms with Gasteiger partial charge in [-0.25, -0.2) is 0 Å². The first-order valence-electron chi connectivity index (χ1n) is 9.24. The van der Waals surface area contributed by atoms with Gasteiger partial charge in [0.25, 0.3) is 0 Å². The number of para-hydroxylation sites is 1. The van der Waals surface area contributed by atoms with Crippen LogP contribution in [0.1, 0.15) is 30.9 Å². The molecule has 2 unspecified atom stereocenters. The Morgan fingerprint density at radius 2 is 1.82 bits per heavy atom. The van der Waals surface area contributed by atoms with Gasteiger partial charge in [-0.15, -0.1) is 0 Å². The zero-order valence-electron chi connectivity index (χ0n) is 16.3. The van der Waals surface area contributed by atoms with E-state index in [1.807, 2.05) is 48.7 Å². The summed E-state index contributed by atoms with van der Waals surface area (Å²) >= 11 is 0. The molecule has 6 nitrogen and oxygen atoms in total. The van der Waals surface area contributed by atoms with E-state index in [1.54, 1.807) is 14.0 Å². The minimum absolute atomic E-state index is 0.0458. The second-order valence-electron chi connectivity index (χ2n) is 6.78. The molecule has 146 valence electrons. The zero-order valence-corrected chi connectivity index (χ0v) is 16.3. The lowest BCUT2D eigenvalue weighted by Crippen LogP contribution is -2.45. The largest absolute Gasteiger partial charge is 0.497 e. The van der Waals surface area contributed by atoms with Crippen molar-refractivity contribution in [1.29, 1.82) is 0 Å². The molecule has 3 N–H and O–H groups in total. The molecule has 2 aromatic carbocycles. The zero-order chi connectivity index (χ0) is 20.1. The van der Waals surface area contributed by atoms with E-state index in [1.165, 1.54) is 6.92 Å². The molecule has 3 rings (SSSR count). The van der Waals surface area contributed by atoms with E-state index >= 15 is 0 Å². The number of amides is 2. The fourth-order valence-corrected chi connectivity index (χ4v) is 3.35. The predicted molar refractivity (Wildman–Crippen MR) is 109 cm³/mol. The second-order valence-corrected chi connectivity index (χ2v) is 6.78. The number of carbonyl (C=O) groups is 2. The average molecular weight is 379 g/mol. The van der Waals surface area contributed by atoms with Crippen LogP contribution in [0.4, 0.5) is 0 Å². The SMILES string of the molecule is COc1ccc(C(CNC(=O)C(C)NC(C)=O)c2c[nH]c3ccccc23)cc1. The first-order chi connectivity index (χ1) is 13.5. The van der Waals surface area contributed by atoms with Gasteiger partial charge in [-0.2, -0.15) is 0 Å². The van der Waals surface area contributed by atoms with Gasteiger partial charge in [-0.3, -0.25) is 9.59 Å². The Labute approximate surface area is 164 Å². The van der Waals surface area contributed by atoms with E-state index in [9.17, 15) is 9.59 Å². The normalized spacial score (nSPS) is 13.0. The van der Waals surface area contributed by atoms with Crippen LogP contribution in [-0.4, -0.2) is 36.5 Å². The molecule has 0 spiro atoms. The Morgan fingerprint density at radius 1 is 1.11 bits per heavy atom. The number of methoxy groups -OCH3 is 1. The summed E-state index contributed by atoms with van der Waals surface area (Å²) in [5.74, 6) is 0.291. The highest BCUT2D eigenvalue weighted by Gasteiger charge is 2.21. The predicted octanol–water partition coefficient (Wildman–Crippen LogP) is 2.95. The quantitative estimate of drug-likeness (QED) is 0.590. The Morgan fingerprint density at radius 3 is 2.50 bits per heavy atom. The van der Waals surface area contributed by atoms with Gasteiger partial charge < -0.3 is 20.4 Å². The number of benzene rings is 2. The lowest BCUT2D eigenvalue weighted by Gasteiger charge is -2.20. The summed E-state index contributed by atoms with van der Waals surface area (Å²) in [6, 6.07) is 15.4. The van der Waals surface area contributed by atoms with Crippen LogP contribution in [0.5, 0.6) is 5.75 Å². The summed E-state index contributed by atoms with van der Waals surface area (Å²) in [6.07, 6.45) is 1.99. The summed E-state index contributed by atoms with van der Waals surface area (Å²) in [4.78, 5) is 26.9. The molecule has 3 aromatic rings. The number of rotatable bonds is 7. The van der Waals surface area contributed by atoms with Gasteiger partial charge in [-0.1, -0.05) is 30.3 Å². The van der Waals surface area contributed by atoms with Crippen molar-refractivity contribution < 1.29 is 14.3 Å². The fourth-order valence-electron chi connectivity index (χ4n) is 3.35. The third kappa shape index (κ3) is 4.34. The van der Waals surface area contributed by atoms with Gasteiger partial charge in [0.1, 0.15) is 11.8 Å². The first kappa shape index (κ1) is 19.5. The molecule has 0 aliphatic carbocycles. The average Bonchev–Trinajstić information content (AvgIpc) is 3.12. The monoisotopic (exact) mass is 379 g/mol. The molecule has 28 heavy (non-hydrogen) atoms. The summed E-state index contributed by atoms with van der Waals surface area (Å²) in [5, 5.41) is 6.70. The van der Waals surface area contributed by atoms with E-state index in [2.05, 4.69) is 21.7 Å². The molecule has 0 aliphatic rings. The third-order valence-corrected chi connectivity index (χ3v) is 4.81. The summed E-state index contributed by atoms with van der Waals surface area (Å²) in [5.41, 5.74) is 3.22. The van der Waals surface area contributed by atoms with Crippen molar-refractivity contribution in [3.63, 3.8) is 0 Å². The van der Waals surface area contributed by atoms with Crippen LogP contribution in [-0.2, 0) is 9.59 Å². The number of H-pyrrole nitrogens is 1. The highest BCUT2D eigenvalue weighted by atomic mass is 16.5. The van der Waals surface area contributed by atoms with Gasteiger partial charge in [0.2, 0.25) is 11.8 Å². The van der Waals surface area contributed by atoms with Crippen molar-refractivity contribution in [3.8, 4) is 5.75 Å². The van der Waals surface area contributed by atoms with E-state index in [4.69, 9.17) is 4.74 Å². The molecule has 1 heterocycles. The third-order valence-electron chi connectivity index (χ3n) is 4.81. The molecule has 0 saturated carbocycles. The number of hydrogen-bond donors (Lipinski definition) is 3. The van der Waals surface area contributed by atoms with Crippen LogP contribution in [0.3, 0.4) is 0 Å². The van der Waals surface area contributed by atoms with Crippen LogP contribution in [0.15, 0.2) is 54.7 Å². The molecular formula is C22H25N3O3. The van der Waals surface area contributed by atoms with E-state index < -0.39 is 6.04 Å². The number of carbonyl (C=O) groups excluding carboxylic acids is 2. The molecule has 6 heteroatoms. The number of aromatic amines is 1. The van der Waals surface area contributed by atoms with Crippen molar-refractivity contribution in [1.82, 2.24) is 15.6 Å². The standard InChI is InChI=1S/C22H25N3O3/c1-14(25-15(2)26)22(27)24-12-19(16-8-10-17(28-3)11-9-16)20-13-23-21-7-5-4-6-18(20)21/h4-11,13-14,19,23H,12H2,1-3H3,(H,24,27)(H,25,26). The van der Waals surface area contributed by atoms with Gasteiger partial charge in [0.15, 0.2) is 0 Å². The molecular weight excluding hydrogens is 354 g/mol. The van der Waals surface area contributed by atoms with Crippen molar-refractivity contribution >= 4 is 22.7 Å². The highest BCUT2D eigenvalue weighted by Crippen LogP contribution is 2.31. The van der Waals surface area contributed by atoms with Crippen molar-refractivity contribution in [2.24, 2.45) is 0 Å². The van der Waals surface area contributed by atoms with Crippen molar-refractivity contribution in [3.05, 3.63) is 65.9 Å². The Kier molecular flexibility index (Phi) is 5.99. The second kappa shape index (κ2) is 8.61. The lowest BCUT2D eigenvalue weighted by atomic mass is 9.90. The van der Waals surface area contributed by atoms with Crippen molar-refractivity contribution in [2.45, 2.75) is 25.8 Å². The first-order valence-corrected chi connectivity index (χ1v) is 9.24. The number of aromatic nitrogens is 1. The molecule has 0 bridgehead atoms. The van der Waals surface area contributed by atoms with E-state index in [0.29, 0.717) is 6.54 Å². The molecule has 0 radical (unpaired) electrons. The summed E-state index contributed by atoms with van der Waals surface area (Å²) < 4.78 is 5.26. The van der Waals surface area contributed by atoms with Crippen LogP contribution in [0.25, 0.3) is 10.9 Å². The Hall–Kier alpha value is -3.28. The van der Waals surface area contributed by atoms with Crippen molar-refractivity contribution in [2.75, 3.05) is 13.7 Å². The molecule has 0 fully saturated rings. The van der Waals surface area contributed by atoms with Crippen LogP contribution in [0.2, 0.25) is 0 Å². The minimum atomic E-state index is -0.586. The van der Waals surface area contributed by atoms with Gasteiger partial charge in [0, 0.05) is 36.5 Å². The van der Waals surface area contributed by atoms with Crippen LogP contribution in [0, 0.1) is 0 Å². The molecule has 1 aromatic heterocycles. The number of ether oxygens (including phenoxy) is 1. The summed E-state index contributed by atoms with van der Waals surface area (Å²) in [7, 11) is 1.63. The molecule has 0 aliphatic heterocycles. The molecule has 2 atom stereocenters. The summed E-state index contributed by atoms with van der Waals surface area (Å²) in [6.45, 7) is 3.48. The highest BCUT2D eigenvalue weighted by molar-refractivity contribution is 5.87. The van der Waals surface area contributed by atoms with Crippen LogP contribution >= 0.6 is 0 Å². The maximum atomic E-state index is 12.4. The van der Waals surface area contributed by atoms with E-state index in [0.717, 1.165) is 27.8 Å². The Balaban J connectivity index is 1.88. The number of fused-ring (bicyclic) bond motifs is 1. The van der Waals surface area contributed by atoms with Gasteiger partial charge in [0.05, 0.1) is 7.11 Å². The Bertz CT molecular complexity index is 963. The lowest BCUT2D eigenvalue weighted by molar-refractivity contribution is -0.127. The maximum Gasteiger partial charge on any atom is 0.242 e. The molecule has 2 amide bonds.